The van der Waals surface area contributed by atoms with E-state index in [1.165, 1.54) is 6.20 Å². The number of carbonyl (C=O) groups is 1. The Labute approximate surface area is 123 Å². The minimum absolute atomic E-state index is 0.0266. The summed E-state index contributed by atoms with van der Waals surface area (Å²) in [5.74, 6) is 0.166. The highest BCUT2D eigenvalue weighted by Crippen LogP contribution is 2.22. The van der Waals surface area contributed by atoms with Gasteiger partial charge in [0.15, 0.2) is 0 Å². The van der Waals surface area contributed by atoms with Crippen LogP contribution in [0.15, 0.2) is 12.3 Å². The smallest absolute Gasteiger partial charge is 0.340 e. The summed E-state index contributed by atoms with van der Waals surface area (Å²) in [7, 11) is 0. The molecular formula is C14H21N3O4. The van der Waals surface area contributed by atoms with Crippen molar-refractivity contribution in [2.75, 3.05) is 36.9 Å². The van der Waals surface area contributed by atoms with Gasteiger partial charge in [-0.15, -0.1) is 0 Å². The van der Waals surface area contributed by atoms with E-state index < -0.39 is 5.97 Å². The molecule has 21 heavy (non-hydrogen) atoms. The van der Waals surface area contributed by atoms with Gasteiger partial charge in [0.2, 0.25) is 0 Å². The summed E-state index contributed by atoms with van der Waals surface area (Å²) in [4.78, 5) is 18.1. The Kier molecular flexibility index (Phi) is 4.98. The molecule has 0 aromatic carbocycles. The van der Waals surface area contributed by atoms with E-state index in [4.69, 9.17) is 15.2 Å². The zero-order valence-electron chi connectivity index (χ0n) is 12.3. The Morgan fingerprint density at radius 3 is 3.05 bits per heavy atom. The predicted octanol–water partition coefficient (Wildman–Crippen LogP) is 0.427. The first-order valence-corrected chi connectivity index (χ1v) is 6.99. The third-order valence-corrected chi connectivity index (χ3v) is 3.27. The Balaban J connectivity index is 2.23. The van der Waals surface area contributed by atoms with Crippen LogP contribution in [-0.4, -0.2) is 54.6 Å². The number of aromatic nitrogens is 1. The largest absolute Gasteiger partial charge is 0.462 e. The highest BCUT2D eigenvalue weighted by molar-refractivity contribution is 5.95. The van der Waals surface area contributed by atoms with Crippen LogP contribution in [0.1, 0.15) is 24.2 Å². The van der Waals surface area contributed by atoms with Crippen LogP contribution in [-0.2, 0) is 9.47 Å². The third-order valence-electron chi connectivity index (χ3n) is 3.27. The van der Waals surface area contributed by atoms with E-state index in [1.807, 2.05) is 11.8 Å². The topological polar surface area (TPSA) is 97.9 Å². The second kappa shape index (κ2) is 6.73. The zero-order valence-corrected chi connectivity index (χ0v) is 12.3. The molecule has 2 atom stereocenters. The maximum atomic E-state index is 11.9. The van der Waals surface area contributed by atoms with Crippen molar-refractivity contribution in [3.05, 3.63) is 17.8 Å². The molecule has 3 N–H and O–H groups in total. The molecule has 0 spiro atoms. The number of carbonyl (C=O) groups excluding carboxylic acids is 1. The number of anilines is 2. The van der Waals surface area contributed by atoms with Crippen LogP contribution in [0.5, 0.6) is 0 Å². The van der Waals surface area contributed by atoms with Crippen molar-refractivity contribution in [2.24, 2.45) is 0 Å². The first kappa shape index (κ1) is 15.5. The van der Waals surface area contributed by atoms with Gasteiger partial charge in [-0.3, -0.25) is 0 Å². The molecule has 2 rings (SSSR count). The maximum Gasteiger partial charge on any atom is 0.340 e. The number of ether oxygens (including phenoxy) is 2. The quantitative estimate of drug-likeness (QED) is 0.777. The van der Waals surface area contributed by atoms with Gasteiger partial charge in [-0.05, 0) is 19.9 Å². The van der Waals surface area contributed by atoms with Crippen LogP contribution in [0.3, 0.4) is 0 Å². The van der Waals surface area contributed by atoms with Crippen LogP contribution in [0, 0.1) is 0 Å². The molecule has 1 aromatic heterocycles. The van der Waals surface area contributed by atoms with Gasteiger partial charge in [0.25, 0.3) is 0 Å². The number of nitrogens with zero attached hydrogens (tertiary/aromatic N) is 2. The summed E-state index contributed by atoms with van der Waals surface area (Å²) in [6, 6.07) is 1.62. The second-order valence-electron chi connectivity index (χ2n) is 5.01. The maximum absolute atomic E-state index is 11.9. The van der Waals surface area contributed by atoms with Crippen molar-refractivity contribution >= 4 is 17.5 Å². The van der Waals surface area contributed by atoms with Crippen molar-refractivity contribution in [1.29, 1.82) is 0 Å². The molecule has 1 fully saturated rings. The molecule has 0 saturated carbocycles. The number of aliphatic hydroxyl groups excluding tert-OH is 1. The lowest BCUT2D eigenvalue weighted by molar-refractivity contribution is -0.0423. The van der Waals surface area contributed by atoms with Gasteiger partial charge >= 0.3 is 5.97 Å². The molecule has 1 aliphatic rings. The van der Waals surface area contributed by atoms with E-state index in [0.29, 0.717) is 24.5 Å². The van der Waals surface area contributed by atoms with E-state index in [-0.39, 0.29) is 31.1 Å². The average molecular weight is 295 g/mol. The van der Waals surface area contributed by atoms with Gasteiger partial charge < -0.3 is 25.2 Å². The molecule has 0 amide bonds. The third kappa shape index (κ3) is 3.62. The number of esters is 1. The van der Waals surface area contributed by atoms with Gasteiger partial charge in [-0.25, -0.2) is 9.78 Å². The molecule has 1 aromatic rings. The molecule has 116 valence electrons. The van der Waals surface area contributed by atoms with Crippen LogP contribution in [0.25, 0.3) is 0 Å². The number of nitrogen functional groups attached to an aromatic ring is 1. The molecule has 2 unspecified atom stereocenters. The Morgan fingerprint density at radius 1 is 1.62 bits per heavy atom. The minimum atomic E-state index is -0.460. The Hall–Kier alpha value is -1.86. The fourth-order valence-electron chi connectivity index (χ4n) is 2.35. The lowest BCUT2D eigenvalue weighted by Gasteiger charge is -2.36. The van der Waals surface area contributed by atoms with E-state index in [9.17, 15) is 9.90 Å². The molecular weight excluding hydrogens is 274 g/mol. The molecule has 0 bridgehead atoms. The predicted molar refractivity (Wildman–Crippen MR) is 78.2 cm³/mol. The number of rotatable bonds is 4. The molecule has 2 heterocycles. The first-order chi connectivity index (χ1) is 10.0. The lowest BCUT2D eigenvalue weighted by Crippen LogP contribution is -2.48. The highest BCUT2D eigenvalue weighted by Gasteiger charge is 2.26. The van der Waals surface area contributed by atoms with Crippen molar-refractivity contribution in [2.45, 2.75) is 26.1 Å². The Morgan fingerprint density at radius 2 is 2.38 bits per heavy atom. The van der Waals surface area contributed by atoms with Crippen molar-refractivity contribution < 1.29 is 19.4 Å². The standard InChI is InChI=1S/C14H21N3O4/c1-3-20-14(19)11-4-13(16-5-12(11)15)17-6-9(2)21-10(7-17)8-18/h4-5,9-10,18H,3,6-8,15H2,1-2H3. The average Bonchev–Trinajstić information content (AvgIpc) is 2.47. The highest BCUT2D eigenvalue weighted by atomic mass is 16.5. The van der Waals surface area contributed by atoms with Gasteiger partial charge in [-0.2, -0.15) is 0 Å². The van der Waals surface area contributed by atoms with Crippen molar-refractivity contribution in [3.63, 3.8) is 0 Å². The summed E-state index contributed by atoms with van der Waals surface area (Å²) < 4.78 is 10.6. The van der Waals surface area contributed by atoms with Crippen LogP contribution in [0.4, 0.5) is 11.5 Å². The normalized spacial score (nSPS) is 22.1. The van der Waals surface area contributed by atoms with Crippen molar-refractivity contribution in [1.82, 2.24) is 4.98 Å². The van der Waals surface area contributed by atoms with Crippen LogP contribution in [0.2, 0.25) is 0 Å². The van der Waals surface area contributed by atoms with Gasteiger partial charge in [-0.1, -0.05) is 0 Å². The van der Waals surface area contributed by atoms with Crippen LogP contribution < -0.4 is 10.6 Å². The Bertz CT molecular complexity index is 509. The number of nitrogens with two attached hydrogens (primary N) is 1. The van der Waals surface area contributed by atoms with E-state index >= 15 is 0 Å². The number of pyridine rings is 1. The van der Waals surface area contributed by atoms with E-state index in [0.717, 1.165) is 0 Å². The SMILES string of the molecule is CCOC(=O)c1cc(N2CC(C)OC(CO)C2)ncc1N. The summed E-state index contributed by atoms with van der Waals surface area (Å²) in [5.41, 5.74) is 6.38. The lowest BCUT2D eigenvalue weighted by atomic mass is 10.2. The number of hydrogen-bond acceptors (Lipinski definition) is 7. The summed E-state index contributed by atoms with van der Waals surface area (Å²) in [6.45, 7) is 5.05. The monoisotopic (exact) mass is 295 g/mol. The first-order valence-electron chi connectivity index (χ1n) is 6.99. The zero-order chi connectivity index (χ0) is 15.4. The molecule has 0 radical (unpaired) electrons. The minimum Gasteiger partial charge on any atom is -0.462 e. The molecule has 7 heteroatoms. The molecule has 1 aliphatic heterocycles. The number of morpholine rings is 1. The number of hydrogen-bond donors (Lipinski definition) is 2. The van der Waals surface area contributed by atoms with Crippen molar-refractivity contribution in [3.8, 4) is 0 Å². The summed E-state index contributed by atoms with van der Waals surface area (Å²) in [5, 5.41) is 9.26. The fraction of sp³-hybridized carbons (Fsp3) is 0.571. The molecule has 7 nitrogen and oxygen atoms in total. The van der Waals surface area contributed by atoms with Gasteiger partial charge in [0.1, 0.15) is 5.82 Å². The van der Waals surface area contributed by atoms with E-state index in [2.05, 4.69) is 4.98 Å². The summed E-state index contributed by atoms with van der Waals surface area (Å²) in [6.07, 6.45) is 1.16. The van der Waals surface area contributed by atoms with Gasteiger partial charge in [0.05, 0.1) is 42.9 Å². The second-order valence-corrected chi connectivity index (χ2v) is 5.01. The summed E-state index contributed by atoms with van der Waals surface area (Å²) >= 11 is 0. The fourth-order valence-corrected chi connectivity index (χ4v) is 2.35. The van der Waals surface area contributed by atoms with E-state index in [1.54, 1.807) is 13.0 Å². The molecule has 1 saturated heterocycles. The van der Waals surface area contributed by atoms with Crippen LogP contribution >= 0.6 is 0 Å². The number of aliphatic hydroxyl groups is 1. The molecule has 0 aliphatic carbocycles. The van der Waals surface area contributed by atoms with Gasteiger partial charge in [0, 0.05) is 13.1 Å².